The standard InChI is InChI=1S/C17H13ClFN7.H3NO2S/c1-26(16-13-8-11(19)9-21-15(13)24-25-16)14-6-7-20-17(23-14)22-12-4-2-10(18)3-5-12;1-4(2)3/h2-9H,1H3,(H,20,22,23)(H,21,24,25);1H2,(H,2,3)/p-1. The van der Waals surface area contributed by atoms with Crippen molar-refractivity contribution in [1.82, 2.24) is 25.1 Å². The third-order valence-corrected chi connectivity index (χ3v) is 4.02. The highest BCUT2D eigenvalue weighted by molar-refractivity contribution is 7.76. The number of halogens is 2. The molecule has 0 fully saturated rings. The summed E-state index contributed by atoms with van der Waals surface area (Å²) in [5, 5.41) is 15.4. The van der Waals surface area contributed by atoms with Crippen molar-refractivity contribution >= 4 is 57.2 Å². The lowest BCUT2D eigenvalue weighted by molar-refractivity contribution is 0.538. The normalized spacial score (nSPS) is 11.5. The van der Waals surface area contributed by atoms with E-state index in [1.807, 2.05) is 12.1 Å². The summed E-state index contributed by atoms with van der Waals surface area (Å²) < 4.78 is 31.1. The molecule has 0 spiro atoms. The van der Waals surface area contributed by atoms with E-state index in [2.05, 4.69) is 35.6 Å². The number of nitrogens with zero attached hydrogens (tertiary/aromatic N) is 5. The first-order valence-electron chi connectivity index (χ1n) is 8.26. The molecule has 10 nitrogen and oxygen atoms in total. The summed E-state index contributed by atoms with van der Waals surface area (Å²) in [5.41, 5.74) is 1.31. The van der Waals surface area contributed by atoms with E-state index in [4.69, 9.17) is 20.4 Å². The van der Waals surface area contributed by atoms with Gasteiger partial charge in [0.25, 0.3) is 0 Å². The number of nitrogens with two attached hydrogens (primary N) is 1. The van der Waals surface area contributed by atoms with E-state index in [1.165, 1.54) is 6.07 Å². The summed E-state index contributed by atoms with van der Waals surface area (Å²) in [7, 11) is 1.79. The van der Waals surface area contributed by atoms with E-state index in [1.54, 1.807) is 36.3 Å². The molecule has 1 atom stereocenters. The van der Waals surface area contributed by atoms with Crippen molar-refractivity contribution in [3.8, 4) is 0 Å². The predicted molar refractivity (Wildman–Crippen MR) is 112 cm³/mol. The smallest absolute Gasteiger partial charge is 0.229 e. The molecular formula is C17H15ClFN8O2S-. The zero-order chi connectivity index (χ0) is 21.7. The number of H-pyrrole nitrogens is 1. The molecule has 0 aliphatic carbocycles. The van der Waals surface area contributed by atoms with Crippen LogP contribution in [0.4, 0.5) is 27.7 Å². The van der Waals surface area contributed by atoms with Crippen LogP contribution in [0.3, 0.4) is 0 Å². The van der Waals surface area contributed by atoms with Crippen molar-refractivity contribution in [3.05, 3.63) is 59.6 Å². The van der Waals surface area contributed by atoms with Gasteiger partial charge >= 0.3 is 0 Å². The lowest BCUT2D eigenvalue weighted by atomic mass is 10.3. The lowest BCUT2D eigenvalue weighted by Gasteiger charge is -2.16. The summed E-state index contributed by atoms with van der Waals surface area (Å²) in [6, 6.07) is 10.3. The molecule has 4 N–H and O–H groups in total. The number of aromatic amines is 1. The van der Waals surface area contributed by atoms with Gasteiger partial charge in [-0.1, -0.05) is 11.6 Å². The molecule has 1 unspecified atom stereocenters. The van der Waals surface area contributed by atoms with E-state index in [9.17, 15) is 4.39 Å². The Morgan fingerprint density at radius 1 is 1.27 bits per heavy atom. The monoisotopic (exact) mass is 449 g/mol. The molecule has 156 valence electrons. The molecule has 13 heteroatoms. The quantitative estimate of drug-likeness (QED) is 0.402. The molecule has 0 aliphatic heterocycles. The highest BCUT2D eigenvalue weighted by Gasteiger charge is 2.15. The summed E-state index contributed by atoms with van der Waals surface area (Å²) in [6.07, 6.45) is 2.77. The van der Waals surface area contributed by atoms with E-state index in [0.29, 0.717) is 33.6 Å². The van der Waals surface area contributed by atoms with Gasteiger partial charge in [0, 0.05) is 35.2 Å². The molecule has 3 aromatic heterocycles. The Kier molecular flexibility index (Phi) is 6.84. The number of pyridine rings is 1. The van der Waals surface area contributed by atoms with Crippen LogP contribution >= 0.6 is 11.6 Å². The van der Waals surface area contributed by atoms with Crippen molar-refractivity contribution in [1.29, 1.82) is 0 Å². The average Bonchev–Trinajstić information content (AvgIpc) is 3.12. The molecule has 1 aromatic carbocycles. The van der Waals surface area contributed by atoms with Crippen LogP contribution in [0.25, 0.3) is 11.0 Å². The number of fused-ring (bicyclic) bond motifs is 1. The highest BCUT2D eigenvalue weighted by Crippen LogP contribution is 2.28. The molecule has 4 rings (SSSR count). The molecule has 0 amide bonds. The zero-order valence-corrected chi connectivity index (χ0v) is 17.0. The first-order valence-corrected chi connectivity index (χ1v) is 9.77. The number of hydrogen-bond acceptors (Lipinski definition) is 8. The van der Waals surface area contributed by atoms with E-state index < -0.39 is 17.1 Å². The third kappa shape index (κ3) is 5.45. The van der Waals surface area contributed by atoms with Gasteiger partial charge in [0.15, 0.2) is 11.5 Å². The Bertz CT molecular complexity index is 1170. The van der Waals surface area contributed by atoms with Crippen molar-refractivity contribution in [2.75, 3.05) is 17.3 Å². The van der Waals surface area contributed by atoms with Crippen LogP contribution in [-0.2, 0) is 11.3 Å². The van der Waals surface area contributed by atoms with Crippen LogP contribution in [-0.4, -0.2) is 41.0 Å². The SMILES string of the molecule is CN(c1ccnc(Nc2ccc(Cl)cc2)n1)c1n[nH]c2ncc(F)cc12.NS(=O)[O-]. The van der Waals surface area contributed by atoms with Gasteiger partial charge in [0.2, 0.25) is 5.95 Å². The Morgan fingerprint density at radius 2 is 1.97 bits per heavy atom. The number of aromatic nitrogens is 5. The van der Waals surface area contributed by atoms with Crippen LogP contribution in [0.15, 0.2) is 48.8 Å². The summed E-state index contributed by atoms with van der Waals surface area (Å²) >= 11 is 3.53. The molecule has 0 saturated carbocycles. The van der Waals surface area contributed by atoms with Gasteiger partial charge in [-0.15, -0.1) is 0 Å². The van der Waals surface area contributed by atoms with Crippen LogP contribution in [0.1, 0.15) is 0 Å². The first kappa shape index (κ1) is 21.5. The Balaban J connectivity index is 0.000000589. The number of benzene rings is 1. The maximum atomic E-state index is 13.5. The molecule has 30 heavy (non-hydrogen) atoms. The average molecular weight is 450 g/mol. The minimum absolute atomic E-state index is 0.417. The fourth-order valence-electron chi connectivity index (χ4n) is 2.49. The van der Waals surface area contributed by atoms with Crippen LogP contribution in [0.2, 0.25) is 5.02 Å². The van der Waals surface area contributed by atoms with Crippen molar-refractivity contribution in [2.24, 2.45) is 5.14 Å². The third-order valence-electron chi connectivity index (χ3n) is 3.77. The topological polar surface area (TPSA) is 149 Å². The Labute approximate surface area is 177 Å². The summed E-state index contributed by atoms with van der Waals surface area (Å²) in [4.78, 5) is 14.4. The maximum absolute atomic E-state index is 13.5. The second-order valence-electron chi connectivity index (χ2n) is 5.79. The maximum Gasteiger partial charge on any atom is 0.229 e. The summed E-state index contributed by atoms with van der Waals surface area (Å²) in [6.45, 7) is 0. The van der Waals surface area contributed by atoms with Crippen LogP contribution in [0.5, 0.6) is 0 Å². The second-order valence-corrected chi connectivity index (χ2v) is 6.74. The van der Waals surface area contributed by atoms with Crippen LogP contribution < -0.4 is 15.4 Å². The number of anilines is 4. The van der Waals surface area contributed by atoms with Gasteiger partial charge in [-0.25, -0.2) is 14.4 Å². The van der Waals surface area contributed by atoms with E-state index in [0.717, 1.165) is 11.9 Å². The minimum atomic E-state index is -2.36. The molecule has 0 bridgehead atoms. The first-order chi connectivity index (χ1) is 14.3. The number of nitrogens with one attached hydrogen (secondary N) is 2. The van der Waals surface area contributed by atoms with E-state index in [-0.39, 0.29) is 0 Å². The molecular weight excluding hydrogens is 435 g/mol. The van der Waals surface area contributed by atoms with Gasteiger partial charge in [-0.05, 0) is 36.4 Å². The molecule has 0 radical (unpaired) electrons. The summed E-state index contributed by atoms with van der Waals surface area (Å²) in [5.74, 6) is 1.10. The molecule has 0 saturated heterocycles. The van der Waals surface area contributed by atoms with Gasteiger partial charge in [0.1, 0.15) is 11.6 Å². The highest BCUT2D eigenvalue weighted by atomic mass is 35.5. The van der Waals surface area contributed by atoms with Crippen LogP contribution in [0, 0.1) is 5.82 Å². The van der Waals surface area contributed by atoms with Crippen molar-refractivity contribution < 1.29 is 13.2 Å². The number of hydrogen-bond donors (Lipinski definition) is 3. The Morgan fingerprint density at radius 3 is 2.67 bits per heavy atom. The molecule has 3 heterocycles. The van der Waals surface area contributed by atoms with Gasteiger partial charge in [-0.3, -0.25) is 14.4 Å². The minimum Gasteiger partial charge on any atom is -0.760 e. The zero-order valence-electron chi connectivity index (χ0n) is 15.4. The molecule has 4 aromatic rings. The van der Waals surface area contributed by atoms with Gasteiger partial charge < -0.3 is 14.8 Å². The van der Waals surface area contributed by atoms with Gasteiger partial charge in [-0.2, -0.15) is 10.1 Å². The largest absolute Gasteiger partial charge is 0.760 e. The fourth-order valence-corrected chi connectivity index (χ4v) is 2.61. The van der Waals surface area contributed by atoms with E-state index >= 15 is 0 Å². The molecule has 0 aliphatic rings. The van der Waals surface area contributed by atoms with Crippen molar-refractivity contribution in [3.63, 3.8) is 0 Å². The fraction of sp³-hybridized carbons (Fsp3) is 0.0588. The van der Waals surface area contributed by atoms with Crippen molar-refractivity contribution in [2.45, 2.75) is 0 Å². The van der Waals surface area contributed by atoms with Gasteiger partial charge in [0.05, 0.1) is 11.6 Å². The second kappa shape index (κ2) is 9.54. The Hall–Kier alpha value is -3.19. The number of rotatable bonds is 4. The predicted octanol–water partition coefficient (Wildman–Crippen LogP) is 2.79. The lowest BCUT2D eigenvalue weighted by Crippen LogP contribution is -2.13.